The van der Waals surface area contributed by atoms with Crippen LogP contribution >= 0.6 is 0 Å². The van der Waals surface area contributed by atoms with Crippen molar-refractivity contribution in [2.75, 3.05) is 0 Å². The Morgan fingerprint density at radius 3 is 2.27 bits per heavy atom. The lowest BCUT2D eigenvalue weighted by Crippen LogP contribution is -1.93. The minimum Gasteiger partial charge on any atom is -0.454 e. The van der Waals surface area contributed by atoms with Gasteiger partial charge in [0, 0.05) is 23.2 Å². The van der Waals surface area contributed by atoms with Crippen LogP contribution in [0.4, 0.5) is 0 Å². The van der Waals surface area contributed by atoms with Crippen LogP contribution in [0.1, 0.15) is 11.5 Å². The molecule has 0 bridgehead atoms. The molecule has 0 aliphatic carbocycles. The highest BCUT2D eigenvalue weighted by molar-refractivity contribution is 5.86. The highest BCUT2D eigenvalue weighted by Crippen LogP contribution is 2.31. The van der Waals surface area contributed by atoms with Gasteiger partial charge in [0.15, 0.2) is 11.3 Å². The molecule has 176 valence electrons. The predicted molar refractivity (Wildman–Crippen MR) is 147 cm³/mol. The molecule has 7 rings (SSSR count). The molecule has 0 atom stereocenters. The minimum atomic E-state index is 0.531. The number of hydrogen-bond acceptors (Lipinski definition) is 4. The predicted octanol–water partition coefficient (Wildman–Crippen LogP) is 8.26. The van der Waals surface area contributed by atoms with E-state index in [0.29, 0.717) is 11.7 Å². The monoisotopic (exact) mass is 479 g/mol. The Kier molecular flexibility index (Phi) is 5.03. The van der Waals surface area contributed by atoms with Gasteiger partial charge in [0.2, 0.25) is 5.89 Å². The second-order valence-corrected chi connectivity index (χ2v) is 8.80. The van der Waals surface area contributed by atoms with Gasteiger partial charge in [-0.3, -0.25) is 0 Å². The zero-order valence-corrected chi connectivity index (χ0v) is 19.8. The topological polar surface area (TPSA) is 57.0 Å². The maximum Gasteiger partial charge on any atom is 0.220 e. The van der Waals surface area contributed by atoms with E-state index >= 15 is 0 Å². The van der Waals surface area contributed by atoms with E-state index in [9.17, 15) is 0 Å². The van der Waals surface area contributed by atoms with Crippen molar-refractivity contribution in [2.45, 2.75) is 0 Å². The van der Waals surface area contributed by atoms with Crippen molar-refractivity contribution in [3.63, 3.8) is 0 Å². The first-order chi connectivity index (χ1) is 18.3. The van der Waals surface area contributed by atoms with Crippen LogP contribution in [0.5, 0.6) is 0 Å². The average molecular weight is 480 g/mol. The number of aromatic nitrogens is 3. The van der Waals surface area contributed by atoms with E-state index in [1.807, 2.05) is 108 Å². The molecule has 3 heterocycles. The van der Waals surface area contributed by atoms with Crippen molar-refractivity contribution >= 4 is 34.2 Å². The van der Waals surface area contributed by atoms with E-state index < -0.39 is 0 Å². The smallest absolute Gasteiger partial charge is 0.220 e. The second-order valence-electron chi connectivity index (χ2n) is 8.80. The fourth-order valence-corrected chi connectivity index (χ4v) is 4.50. The van der Waals surface area contributed by atoms with Crippen molar-refractivity contribution in [2.24, 2.45) is 0 Å². The molecule has 3 aromatic heterocycles. The number of hydrogen-bond donors (Lipinski definition) is 0. The first-order valence-corrected chi connectivity index (χ1v) is 12.1. The SMILES string of the molecule is C(=C\c1cn(-c2ccccc2)nc1-c1cc2ccccc2o1)/c1nc2cc(-c3ccccc3)ccc2o1. The van der Waals surface area contributed by atoms with Gasteiger partial charge in [-0.2, -0.15) is 5.10 Å². The summed E-state index contributed by atoms with van der Waals surface area (Å²) < 4.78 is 14.0. The third kappa shape index (κ3) is 4.02. The molecule has 5 heteroatoms. The van der Waals surface area contributed by atoms with Crippen molar-refractivity contribution < 1.29 is 8.83 Å². The summed E-state index contributed by atoms with van der Waals surface area (Å²) in [6.45, 7) is 0. The lowest BCUT2D eigenvalue weighted by atomic mass is 10.1. The van der Waals surface area contributed by atoms with E-state index in [1.54, 1.807) is 0 Å². The van der Waals surface area contributed by atoms with Gasteiger partial charge in [-0.05, 0) is 53.6 Å². The average Bonchev–Trinajstić information content (AvgIpc) is 3.68. The van der Waals surface area contributed by atoms with Gasteiger partial charge >= 0.3 is 0 Å². The molecular weight excluding hydrogens is 458 g/mol. The molecule has 37 heavy (non-hydrogen) atoms. The molecule has 4 aromatic carbocycles. The van der Waals surface area contributed by atoms with Gasteiger partial charge in [-0.15, -0.1) is 0 Å². The number of oxazole rings is 1. The molecule has 0 spiro atoms. The van der Waals surface area contributed by atoms with Crippen LogP contribution in [0.25, 0.3) is 62.5 Å². The maximum atomic E-state index is 6.15. The Balaban J connectivity index is 1.28. The van der Waals surface area contributed by atoms with Crippen LogP contribution in [-0.2, 0) is 0 Å². The van der Waals surface area contributed by atoms with Crippen molar-refractivity contribution in [1.82, 2.24) is 14.8 Å². The molecule has 0 radical (unpaired) electrons. The summed E-state index contributed by atoms with van der Waals surface area (Å²) in [5, 5.41) is 5.90. The molecule has 0 saturated carbocycles. The number of nitrogens with zero attached hydrogens (tertiary/aromatic N) is 3. The second kappa shape index (κ2) is 8.81. The lowest BCUT2D eigenvalue weighted by Gasteiger charge is -1.99. The number of rotatable bonds is 5. The van der Waals surface area contributed by atoms with E-state index in [0.717, 1.165) is 50.1 Å². The van der Waals surface area contributed by atoms with Crippen molar-refractivity contribution in [3.05, 3.63) is 127 Å². The van der Waals surface area contributed by atoms with Crippen LogP contribution in [0.2, 0.25) is 0 Å². The normalized spacial score (nSPS) is 11.7. The standard InChI is InChI=1S/C32H21N3O2/c1-3-9-22(10-4-1)23-15-17-29-27(19-23)33-31(37-29)18-16-25-21-35(26-12-5-2-6-13-26)34-32(25)30-20-24-11-7-8-14-28(24)36-30/h1-21H/b18-16+. The van der Waals surface area contributed by atoms with Gasteiger partial charge in [0.1, 0.15) is 16.8 Å². The van der Waals surface area contributed by atoms with Crippen LogP contribution < -0.4 is 0 Å². The van der Waals surface area contributed by atoms with Crippen LogP contribution in [-0.4, -0.2) is 14.8 Å². The Hall–Kier alpha value is -5.16. The summed E-state index contributed by atoms with van der Waals surface area (Å²) in [7, 11) is 0. The summed E-state index contributed by atoms with van der Waals surface area (Å²) >= 11 is 0. The molecule has 0 amide bonds. The molecular formula is C32H21N3O2. The highest BCUT2D eigenvalue weighted by Gasteiger charge is 2.15. The summed E-state index contributed by atoms with van der Waals surface area (Å²) in [5.41, 5.74) is 7.26. The third-order valence-corrected chi connectivity index (χ3v) is 6.34. The third-order valence-electron chi connectivity index (χ3n) is 6.34. The van der Waals surface area contributed by atoms with Gasteiger partial charge in [-0.25, -0.2) is 9.67 Å². The number of fused-ring (bicyclic) bond motifs is 2. The molecule has 0 unspecified atom stereocenters. The number of benzene rings is 4. The van der Waals surface area contributed by atoms with Crippen LogP contribution in [0.3, 0.4) is 0 Å². The minimum absolute atomic E-state index is 0.531. The highest BCUT2D eigenvalue weighted by atomic mass is 16.3. The van der Waals surface area contributed by atoms with Crippen LogP contribution in [0.15, 0.2) is 124 Å². The van der Waals surface area contributed by atoms with E-state index in [2.05, 4.69) is 24.3 Å². The first kappa shape index (κ1) is 21.1. The fourth-order valence-electron chi connectivity index (χ4n) is 4.50. The maximum absolute atomic E-state index is 6.15. The zero-order chi connectivity index (χ0) is 24.6. The Labute approximate surface area is 212 Å². The van der Waals surface area contributed by atoms with Gasteiger partial charge in [0.25, 0.3) is 0 Å². The molecule has 0 aliphatic rings. The molecule has 5 nitrogen and oxygen atoms in total. The van der Waals surface area contributed by atoms with Crippen LogP contribution in [0, 0.1) is 0 Å². The summed E-state index contributed by atoms with van der Waals surface area (Å²) in [6.07, 6.45) is 5.84. The first-order valence-electron chi connectivity index (χ1n) is 12.1. The van der Waals surface area contributed by atoms with E-state index in [4.69, 9.17) is 18.9 Å². The largest absolute Gasteiger partial charge is 0.454 e. The van der Waals surface area contributed by atoms with E-state index in [-0.39, 0.29) is 0 Å². The van der Waals surface area contributed by atoms with E-state index in [1.165, 1.54) is 0 Å². The van der Waals surface area contributed by atoms with Gasteiger partial charge in [0.05, 0.1) is 5.69 Å². The zero-order valence-electron chi connectivity index (χ0n) is 19.8. The molecule has 0 saturated heterocycles. The fraction of sp³-hybridized carbons (Fsp3) is 0. The molecule has 0 fully saturated rings. The summed E-state index contributed by atoms with van der Waals surface area (Å²) in [4.78, 5) is 4.71. The quantitative estimate of drug-likeness (QED) is 0.249. The molecule has 0 aliphatic heterocycles. The summed E-state index contributed by atoms with van der Waals surface area (Å²) in [5.74, 6) is 1.24. The molecule has 0 N–H and O–H groups in total. The number of para-hydroxylation sites is 2. The van der Waals surface area contributed by atoms with Gasteiger partial charge < -0.3 is 8.83 Å². The van der Waals surface area contributed by atoms with Crippen molar-refractivity contribution in [1.29, 1.82) is 0 Å². The Bertz CT molecular complexity index is 1840. The Morgan fingerprint density at radius 1 is 0.649 bits per heavy atom. The number of furan rings is 1. The Morgan fingerprint density at radius 2 is 1.43 bits per heavy atom. The lowest BCUT2D eigenvalue weighted by molar-refractivity contribution is 0.589. The van der Waals surface area contributed by atoms with Crippen molar-refractivity contribution in [3.8, 4) is 28.3 Å². The molecule has 7 aromatic rings. The van der Waals surface area contributed by atoms with Gasteiger partial charge in [-0.1, -0.05) is 72.8 Å². The summed E-state index contributed by atoms with van der Waals surface area (Å²) in [6, 6.07) is 36.4.